The number of halogens is 2. The molecule has 0 atom stereocenters. The van der Waals surface area contributed by atoms with Crippen molar-refractivity contribution in [1.29, 1.82) is 0 Å². The molecule has 0 aromatic heterocycles. The van der Waals surface area contributed by atoms with Crippen molar-refractivity contribution in [2.45, 2.75) is 44.8 Å². The van der Waals surface area contributed by atoms with Crippen molar-refractivity contribution in [3.63, 3.8) is 0 Å². The monoisotopic (exact) mass is 444 g/mol. The van der Waals surface area contributed by atoms with E-state index < -0.39 is 0 Å². The number of rotatable bonds is 5. The third-order valence-corrected chi connectivity index (χ3v) is 6.05. The fourth-order valence-electron chi connectivity index (χ4n) is 3.90. The van der Waals surface area contributed by atoms with Gasteiger partial charge in [0.05, 0.1) is 0 Å². The Hall–Kier alpha value is -2.50. The molecule has 156 valence electrons. The van der Waals surface area contributed by atoms with Gasteiger partial charge in [-0.1, -0.05) is 66.7 Å². The maximum Gasteiger partial charge on any atom is 0.329 e. The lowest BCUT2D eigenvalue weighted by atomic mass is 9.94. The van der Waals surface area contributed by atoms with Crippen LogP contribution in [0.2, 0.25) is 10.0 Å². The summed E-state index contributed by atoms with van der Waals surface area (Å²) in [6.07, 6.45) is 6.66. The number of nitrogens with zero attached hydrogens (tertiary/aromatic N) is 1. The van der Waals surface area contributed by atoms with Crippen molar-refractivity contribution < 1.29 is 14.3 Å². The van der Waals surface area contributed by atoms with E-state index in [1.54, 1.807) is 18.2 Å². The number of urea groups is 1. The summed E-state index contributed by atoms with van der Waals surface area (Å²) in [7, 11) is 0. The number of ether oxygens (including phenoxy) is 1. The van der Waals surface area contributed by atoms with E-state index in [9.17, 15) is 9.59 Å². The molecule has 0 unspecified atom stereocenters. The summed E-state index contributed by atoms with van der Waals surface area (Å²) in [5.41, 5.74) is 1.78. The van der Waals surface area contributed by atoms with E-state index >= 15 is 0 Å². The second kappa shape index (κ2) is 9.11. The van der Waals surface area contributed by atoms with E-state index in [0.29, 0.717) is 21.4 Å². The Morgan fingerprint density at radius 1 is 1.07 bits per heavy atom. The Bertz CT molecular complexity index is 1000. The normalized spacial score (nSPS) is 18.7. The summed E-state index contributed by atoms with van der Waals surface area (Å²) in [5, 5.41) is 3.81. The van der Waals surface area contributed by atoms with E-state index in [1.807, 2.05) is 30.3 Å². The van der Waals surface area contributed by atoms with Crippen LogP contribution in [0.1, 0.15) is 43.2 Å². The molecule has 7 heteroatoms. The molecular weight excluding hydrogens is 423 g/mol. The maximum absolute atomic E-state index is 12.9. The number of benzene rings is 2. The minimum Gasteiger partial charge on any atom is -0.488 e. The van der Waals surface area contributed by atoms with Crippen LogP contribution in [0, 0.1) is 0 Å². The molecule has 1 aliphatic carbocycles. The van der Waals surface area contributed by atoms with Gasteiger partial charge in [-0.3, -0.25) is 9.69 Å². The third-order valence-electron chi connectivity index (χ3n) is 5.47. The largest absolute Gasteiger partial charge is 0.488 e. The molecule has 0 radical (unpaired) electrons. The predicted octanol–water partition coefficient (Wildman–Crippen LogP) is 5.80. The van der Waals surface area contributed by atoms with Crippen LogP contribution in [0.3, 0.4) is 0 Å². The zero-order chi connectivity index (χ0) is 21.1. The van der Waals surface area contributed by atoms with Crippen molar-refractivity contribution in [3.8, 4) is 5.75 Å². The van der Waals surface area contributed by atoms with Gasteiger partial charge in [0, 0.05) is 27.2 Å². The van der Waals surface area contributed by atoms with Gasteiger partial charge in [-0.25, -0.2) is 4.79 Å². The van der Waals surface area contributed by atoms with E-state index in [1.165, 1.54) is 4.90 Å². The maximum atomic E-state index is 12.9. The SMILES string of the molecule is O=C1N/C(=C\c2ccccc2OCc2ccc(Cl)cc2Cl)C(=O)N1C1CCCCC1. The van der Waals surface area contributed by atoms with E-state index in [-0.39, 0.29) is 30.3 Å². The Morgan fingerprint density at radius 2 is 1.83 bits per heavy atom. The topological polar surface area (TPSA) is 58.6 Å². The van der Waals surface area contributed by atoms with Crippen molar-refractivity contribution in [2.24, 2.45) is 0 Å². The molecule has 1 heterocycles. The van der Waals surface area contributed by atoms with Gasteiger partial charge >= 0.3 is 6.03 Å². The standard InChI is InChI=1S/C23H22Cl2N2O3/c24-17-11-10-16(19(25)13-17)14-30-21-9-5-4-6-15(21)12-20-22(28)27(23(29)26-20)18-7-2-1-3-8-18/h4-6,9-13,18H,1-3,7-8,14H2,(H,26,29)/b20-12-. The first-order valence-electron chi connectivity index (χ1n) is 10.0. The Morgan fingerprint density at radius 3 is 2.60 bits per heavy atom. The lowest BCUT2D eigenvalue weighted by Gasteiger charge is -2.28. The molecule has 30 heavy (non-hydrogen) atoms. The molecule has 2 aromatic carbocycles. The number of nitrogens with one attached hydrogen (secondary N) is 1. The molecule has 1 N–H and O–H groups in total. The predicted molar refractivity (Wildman–Crippen MR) is 117 cm³/mol. The summed E-state index contributed by atoms with van der Waals surface area (Å²) in [6.45, 7) is 0.255. The van der Waals surface area contributed by atoms with E-state index in [0.717, 1.165) is 37.7 Å². The molecule has 5 nitrogen and oxygen atoms in total. The Labute approximate surface area is 185 Å². The number of hydrogen-bond donors (Lipinski definition) is 1. The molecule has 2 fully saturated rings. The number of carbonyl (C=O) groups excluding carboxylic acids is 2. The number of carbonyl (C=O) groups is 2. The van der Waals surface area contributed by atoms with Crippen molar-refractivity contribution in [3.05, 3.63) is 69.3 Å². The quantitative estimate of drug-likeness (QED) is 0.468. The highest BCUT2D eigenvalue weighted by atomic mass is 35.5. The van der Waals surface area contributed by atoms with Crippen LogP contribution in [-0.4, -0.2) is 22.9 Å². The number of para-hydroxylation sites is 1. The molecule has 0 spiro atoms. The summed E-state index contributed by atoms with van der Waals surface area (Å²) in [5.74, 6) is 0.316. The van der Waals surface area contributed by atoms with Crippen LogP contribution in [0.5, 0.6) is 5.75 Å². The highest BCUT2D eigenvalue weighted by Gasteiger charge is 2.39. The molecule has 1 saturated carbocycles. The minimum atomic E-state index is -0.343. The Kier molecular flexibility index (Phi) is 6.30. The van der Waals surface area contributed by atoms with Gasteiger partial charge in [0.1, 0.15) is 18.1 Å². The fourth-order valence-corrected chi connectivity index (χ4v) is 4.36. The molecule has 0 bridgehead atoms. The van der Waals surface area contributed by atoms with E-state index in [4.69, 9.17) is 27.9 Å². The molecule has 1 saturated heterocycles. The van der Waals surface area contributed by atoms with Gasteiger partial charge in [-0.05, 0) is 37.1 Å². The molecule has 4 rings (SSSR count). The van der Waals surface area contributed by atoms with Gasteiger partial charge in [-0.15, -0.1) is 0 Å². The zero-order valence-corrected chi connectivity index (χ0v) is 17.9. The van der Waals surface area contributed by atoms with E-state index in [2.05, 4.69) is 5.32 Å². The van der Waals surface area contributed by atoms with Crippen molar-refractivity contribution >= 4 is 41.2 Å². The number of amides is 3. The highest BCUT2D eigenvalue weighted by Crippen LogP contribution is 2.29. The summed E-state index contributed by atoms with van der Waals surface area (Å²) >= 11 is 12.2. The van der Waals surface area contributed by atoms with Crippen LogP contribution in [0.15, 0.2) is 48.2 Å². The molecule has 2 aromatic rings. The first-order valence-corrected chi connectivity index (χ1v) is 10.8. The first-order chi connectivity index (χ1) is 14.5. The molecular formula is C23H22Cl2N2O3. The van der Waals surface area contributed by atoms with Crippen molar-refractivity contribution in [2.75, 3.05) is 0 Å². The second-order valence-corrected chi connectivity index (χ2v) is 8.36. The van der Waals surface area contributed by atoms with Gasteiger partial charge in [0.25, 0.3) is 5.91 Å². The number of hydrogen-bond acceptors (Lipinski definition) is 3. The van der Waals surface area contributed by atoms with Gasteiger partial charge in [0.2, 0.25) is 0 Å². The molecule has 1 aliphatic heterocycles. The molecule has 3 amide bonds. The van der Waals surface area contributed by atoms with Crippen LogP contribution >= 0.6 is 23.2 Å². The fraction of sp³-hybridized carbons (Fsp3) is 0.304. The average Bonchev–Trinajstić information content (AvgIpc) is 3.02. The summed E-state index contributed by atoms with van der Waals surface area (Å²) in [4.78, 5) is 26.7. The zero-order valence-electron chi connectivity index (χ0n) is 16.4. The molecule has 2 aliphatic rings. The second-order valence-electron chi connectivity index (χ2n) is 7.52. The summed E-state index contributed by atoms with van der Waals surface area (Å²) < 4.78 is 5.95. The summed E-state index contributed by atoms with van der Waals surface area (Å²) in [6, 6.07) is 12.2. The first kappa shape index (κ1) is 20.8. The van der Waals surface area contributed by atoms with Crippen LogP contribution in [0.4, 0.5) is 4.79 Å². The van der Waals surface area contributed by atoms with Crippen molar-refractivity contribution in [1.82, 2.24) is 10.2 Å². The third kappa shape index (κ3) is 4.47. The smallest absolute Gasteiger partial charge is 0.329 e. The lowest BCUT2D eigenvalue weighted by Crippen LogP contribution is -2.41. The van der Waals surface area contributed by atoms with Crippen LogP contribution in [-0.2, 0) is 11.4 Å². The van der Waals surface area contributed by atoms with Gasteiger partial charge in [-0.2, -0.15) is 0 Å². The lowest BCUT2D eigenvalue weighted by molar-refractivity contribution is -0.124. The minimum absolute atomic E-state index is 0.0179. The average molecular weight is 445 g/mol. The van der Waals surface area contributed by atoms with Crippen LogP contribution in [0.25, 0.3) is 6.08 Å². The number of imide groups is 1. The van der Waals surface area contributed by atoms with Gasteiger partial charge < -0.3 is 10.1 Å². The van der Waals surface area contributed by atoms with Crippen LogP contribution < -0.4 is 10.1 Å². The Balaban J connectivity index is 1.52. The highest BCUT2D eigenvalue weighted by molar-refractivity contribution is 6.35. The van der Waals surface area contributed by atoms with Gasteiger partial charge in [0.15, 0.2) is 0 Å².